The minimum atomic E-state index is -1.87. The van der Waals surface area contributed by atoms with Crippen LogP contribution in [0.15, 0.2) is 24.3 Å². The van der Waals surface area contributed by atoms with Crippen LogP contribution in [0.3, 0.4) is 0 Å². The van der Waals surface area contributed by atoms with Crippen LogP contribution >= 0.6 is 27.3 Å². The normalized spacial score (nSPS) is 20.3. The Morgan fingerprint density at radius 3 is 1.90 bits per heavy atom. The molecule has 40 heavy (non-hydrogen) atoms. The van der Waals surface area contributed by atoms with Crippen LogP contribution < -0.4 is 10.1 Å². The van der Waals surface area contributed by atoms with Crippen LogP contribution in [0.2, 0.25) is 0 Å². The molecule has 1 amide bonds. The van der Waals surface area contributed by atoms with E-state index in [1.807, 2.05) is 42.7 Å². The van der Waals surface area contributed by atoms with Gasteiger partial charge in [0.2, 0.25) is 0 Å². The first kappa shape index (κ1) is 34.5. The van der Waals surface area contributed by atoms with Gasteiger partial charge < -0.3 is 0 Å². The molecule has 1 atom stereocenters. The average Bonchev–Trinajstić information content (AvgIpc) is 2.96. The molecule has 0 aromatic heterocycles. The fraction of sp³-hybridized carbons (Fsp3) is 0.758. The van der Waals surface area contributed by atoms with Crippen molar-refractivity contribution >= 4 is 37.8 Å². The van der Waals surface area contributed by atoms with E-state index in [2.05, 4.69) is 5.32 Å². The van der Waals surface area contributed by atoms with Crippen molar-refractivity contribution in [3.05, 3.63) is 29.8 Å². The summed E-state index contributed by atoms with van der Waals surface area (Å²) >= 11 is -1.87. The number of carbonyl (C=O) groups excluding carboxylic acids is 1. The van der Waals surface area contributed by atoms with Gasteiger partial charge >= 0.3 is 140 Å². The topological polar surface area (TPSA) is 38.3 Å². The molecule has 0 heterocycles. The van der Waals surface area contributed by atoms with Gasteiger partial charge in [-0.05, 0) is 77.0 Å². The third-order valence-corrected chi connectivity index (χ3v) is 15.4. The summed E-state index contributed by atoms with van der Waals surface area (Å²) < 4.78 is 7.81. The van der Waals surface area contributed by atoms with Gasteiger partial charge in [-0.15, -0.1) is 0 Å². The number of amides is 1. The molecule has 0 spiro atoms. The van der Waals surface area contributed by atoms with E-state index in [0.717, 1.165) is 24.2 Å². The van der Waals surface area contributed by atoms with Crippen LogP contribution in [-0.4, -0.2) is 40.1 Å². The van der Waals surface area contributed by atoms with E-state index in [9.17, 15) is 4.79 Å². The van der Waals surface area contributed by atoms with Crippen LogP contribution in [0.1, 0.15) is 135 Å². The molecule has 1 N–H and O–H groups in total. The van der Waals surface area contributed by atoms with Crippen molar-refractivity contribution < 1.29 is 23.0 Å². The number of rotatable bonds is 11. The van der Waals surface area contributed by atoms with Crippen molar-refractivity contribution in [3.8, 4) is 5.75 Å². The van der Waals surface area contributed by atoms with Crippen molar-refractivity contribution in [2.24, 2.45) is 0 Å². The first-order chi connectivity index (χ1) is 19.5. The van der Waals surface area contributed by atoms with E-state index in [1.165, 1.54) is 17.0 Å². The summed E-state index contributed by atoms with van der Waals surface area (Å²) in [5.74, 6) is 0.889. The number of para-hydroxylation sites is 1. The fourth-order valence-corrected chi connectivity index (χ4v) is 14.2. The first-order valence-electron chi connectivity index (χ1n) is 16.2. The summed E-state index contributed by atoms with van der Waals surface area (Å²) in [5.41, 5.74) is 4.62. The molecule has 0 saturated heterocycles. The number of halogens is 2. The zero-order valence-corrected chi connectivity index (χ0v) is 29.3. The standard InChI is InChI=1S/C18H33P.C15H21NO2.2ClH.Ru/c1-4-10-16(11-5-1)19(17-12-6-2-7-13-17)18-14-8-3-9-15-18;1-4-16-15(17)11-7-9-13(3)18-14-10-6-5-8-12(14)2;;;/h16-18H,1-15H2;2,5-6,8,10,13H,4,7,9,11H2,1,3H3,(H,16,17);2*1H;/q;;;;+2/p-1. The molecule has 230 valence electrons. The predicted molar refractivity (Wildman–Crippen MR) is 175 cm³/mol. The Balaban J connectivity index is 0.000000221. The number of hydrogen-bond donors (Lipinski definition) is 1. The van der Waals surface area contributed by atoms with Crippen molar-refractivity contribution in [1.29, 1.82) is 0 Å². The van der Waals surface area contributed by atoms with Gasteiger partial charge in [0.05, 0.1) is 17.0 Å². The molecule has 3 fully saturated rings. The van der Waals surface area contributed by atoms with E-state index in [4.69, 9.17) is 24.1 Å². The Labute approximate surface area is 259 Å². The molecule has 3 aliphatic carbocycles. The molecule has 3 aliphatic rings. The molecule has 1 aromatic carbocycles. The number of ether oxygens (including phenoxy) is 1. The van der Waals surface area contributed by atoms with Gasteiger partial charge in [0.1, 0.15) is 0 Å². The second kappa shape index (κ2) is 20.0. The second-order valence-corrected chi connectivity index (χ2v) is 21.3. The maximum atomic E-state index is 11.4. The third kappa shape index (κ3) is 12.7. The predicted octanol–water partition coefficient (Wildman–Crippen LogP) is 10.0. The van der Waals surface area contributed by atoms with Crippen LogP contribution in [-0.2, 0) is 18.3 Å². The number of benzene rings is 1. The molecular formula is C33H55Cl2NO2PRu+. The van der Waals surface area contributed by atoms with Crippen LogP contribution in [0, 0.1) is 0 Å². The van der Waals surface area contributed by atoms with E-state index in [-0.39, 0.29) is 19.9 Å². The first-order valence-corrected chi connectivity index (χ1v) is 23.4. The van der Waals surface area contributed by atoms with Gasteiger partial charge in [-0.3, -0.25) is 0 Å². The third-order valence-electron chi connectivity index (χ3n) is 9.05. The minimum absolute atomic E-state index is 0.0419. The second-order valence-electron chi connectivity index (χ2n) is 12.1. The number of carbonyl (C=O) groups is 1. The van der Waals surface area contributed by atoms with Gasteiger partial charge in [0.15, 0.2) is 0 Å². The molecule has 1 unspecified atom stereocenters. The average molecular weight is 701 g/mol. The van der Waals surface area contributed by atoms with Gasteiger partial charge in [-0.2, -0.15) is 0 Å². The van der Waals surface area contributed by atoms with E-state index in [1.54, 1.807) is 96.3 Å². The Hall–Kier alpha value is -0.00662. The fourth-order valence-electron chi connectivity index (χ4n) is 7.17. The maximum absolute atomic E-state index is 11.4. The van der Waals surface area contributed by atoms with E-state index < -0.39 is 13.5 Å². The van der Waals surface area contributed by atoms with Gasteiger partial charge in [0, 0.05) is 7.92 Å². The van der Waals surface area contributed by atoms with Gasteiger partial charge in [-0.1, -0.05) is 19.3 Å². The Morgan fingerprint density at radius 1 is 0.925 bits per heavy atom. The van der Waals surface area contributed by atoms with Crippen molar-refractivity contribution in [1.82, 2.24) is 5.32 Å². The van der Waals surface area contributed by atoms with Gasteiger partial charge in [0.25, 0.3) is 0 Å². The molecule has 4 rings (SSSR count). The summed E-state index contributed by atoms with van der Waals surface area (Å²) in [6.07, 6.45) is 26.0. The summed E-state index contributed by atoms with van der Waals surface area (Å²) in [6.45, 7) is 4.60. The summed E-state index contributed by atoms with van der Waals surface area (Å²) in [7, 11) is 11.8. The molecule has 3 nitrogen and oxygen atoms in total. The zero-order valence-electron chi connectivity index (χ0n) is 25.1. The van der Waals surface area contributed by atoms with Gasteiger partial charge in [-0.25, -0.2) is 0 Å². The summed E-state index contributed by atoms with van der Waals surface area (Å²) in [4.78, 5) is 11.4. The molecule has 7 heteroatoms. The van der Waals surface area contributed by atoms with Crippen molar-refractivity contribution in [2.45, 2.75) is 153 Å². The SMILES string of the molecule is C1CCC([PH+](C2CCCCC2)C2CCCCC2)CC1.CCNC(=O)CCCC(C)Oc1ccccc1[CH]=[Ru]([Cl])[Cl]. The molecule has 3 saturated carbocycles. The van der Waals surface area contributed by atoms with E-state index >= 15 is 0 Å². The van der Waals surface area contributed by atoms with E-state index in [0.29, 0.717) is 13.0 Å². The summed E-state index contributed by atoms with van der Waals surface area (Å²) in [5, 5.41) is 2.79. The van der Waals surface area contributed by atoms with Crippen molar-refractivity contribution in [3.63, 3.8) is 0 Å². The zero-order chi connectivity index (χ0) is 28.6. The Morgan fingerprint density at radius 2 is 1.43 bits per heavy atom. The molecule has 0 radical (unpaired) electrons. The molecule has 0 aliphatic heterocycles. The van der Waals surface area contributed by atoms with Crippen LogP contribution in [0.25, 0.3) is 0 Å². The van der Waals surface area contributed by atoms with Crippen molar-refractivity contribution in [2.75, 3.05) is 6.54 Å². The molecule has 0 bridgehead atoms. The monoisotopic (exact) mass is 700 g/mol. The summed E-state index contributed by atoms with van der Waals surface area (Å²) in [6, 6.07) is 7.72. The number of nitrogens with one attached hydrogen (secondary N) is 1. The van der Waals surface area contributed by atoms with Crippen LogP contribution in [0.4, 0.5) is 0 Å². The Bertz CT molecular complexity index is 836. The molecule has 1 aromatic rings. The molecular weight excluding hydrogens is 645 g/mol. The quantitative estimate of drug-likeness (QED) is 0.184. The Kier molecular flexibility index (Phi) is 17.3. The number of hydrogen-bond acceptors (Lipinski definition) is 2. The van der Waals surface area contributed by atoms with Crippen LogP contribution in [0.5, 0.6) is 5.75 Å².